The highest BCUT2D eigenvalue weighted by Crippen LogP contribution is 2.34. The van der Waals surface area contributed by atoms with Crippen molar-refractivity contribution >= 4 is 72.1 Å². The Balaban J connectivity index is 1.50. The number of hydrogen-bond donors (Lipinski definition) is 2. The molecule has 3 aromatic rings. The highest BCUT2D eigenvalue weighted by molar-refractivity contribution is 9.11. The Morgan fingerprint density at radius 2 is 1.76 bits per heavy atom. The number of benzene rings is 3. The highest BCUT2D eigenvalue weighted by Gasteiger charge is 2.09. The summed E-state index contributed by atoms with van der Waals surface area (Å²) in [4.78, 5) is 23.7. The van der Waals surface area contributed by atoms with E-state index >= 15 is 0 Å². The third-order valence-electron chi connectivity index (χ3n) is 3.86. The maximum absolute atomic E-state index is 11.9. The third kappa shape index (κ3) is 6.06. The Bertz CT molecular complexity index is 1090. The summed E-state index contributed by atoms with van der Waals surface area (Å²) in [5.41, 5.74) is 5.42. The van der Waals surface area contributed by atoms with E-state index in [-0.39, 0.29) is 6.61 Å². The number of hydrazine groups is 1. The Kier molecular flexibility index (Phi) is 7.30. The number of amides is 2. The monoisotopic (exact) mass is 536 g/mol. The second-order valence-corrected chi connectivity index (χ2v) is 8.10. The zero-order valence-electron chi connectivity index (χ0n) is 14.9. The second kappa shape index (κ2) is 9.91. The van der Waals surface area contributed by atoms with Crippen LogP contribution in [0, 0.1) is 0 Å². The van der Waals surface area contributed by atoms with Gasteiger partial charge in [-0.1, -0.05) is 51.8 Å². The summed E-state index contributed by atoms with van der Waals surface area (Å²) < 4.78 is 7.29. The van der Waals surface area contributed by atoms with Crippen LogP contribution in [0.1, 0.15) is 5.56 Å². The molecule has 8 heteroatoms. The number of rotatable bonds is 5. The van der Waals surface area contributed by atoms with Crippen LogP contribution in [0.15, 0.2) is 69.6 Å². The molecule has 0 heterocycles. The van der Waals surface area contributed by atoms with Gasteiger partial charge >= 0.3 is 0 Å². The normalized spacial score (nSPS) is 10.9. The van der Waals surface area contributed by atoms with E-state index in [4.69, 9.17) is 16.3 Å². The van der Waals surface area contributed by atoms with Gasteiger partial charge in [-0.05, 0) is 68.7 Å². The van der Waals surface area contributed by atoms with E-state index in [0.717, 1.165) is 25.3 Å². The fourth-order valence-electron chi connectivity index (χ4n) is 2.45. The molecule has 0 spiro atoms. The molecular weight excluding hydrogens is 524 g/mol. The van der Waals surface area contributed by atoms with Crippen molar-refractivity contribution < 1.29 is 14.3 Å². The van der Waals surface area contributed by atoms with E-state index in [1.165, 1.54) is 6.08 Å². The molecule has 0 saturated carbocycles. The fraction of sp³-hybridized carbons (Fsp3) is 0.0476. The largest absolute Gasteiger partial charge is 0.483 e. The van der Waals surface area contributed by atoms with Crippen molar-refractivity contribution in [3.8, 4) is 5.75 Å². The molecule has 0 aliphatic heterocycles. The van der Waals surface area contributed by atoms with Crippen LogP contribution in [-0.2, 0) is 9.59 Å². The standard InChI is InChI=1S/C21H15Br2ClN2O3/c22-15-5-8-17-14(11-15)4-9-18(21(17)23)29-12-20(28)26-25-19(27)10-3-13-1-6-16(24)7-2-13/h1-11H,12H2,(H,25,27)(H,26,28)/b10-3+. The summed E-state index contributed by atoms with van der Waals surface area (Å²) in [6, 6.07) is 16.5. The van der Waals surface area contributed by atoms with Gasteiger partial charge in [0.15, 0.2) is 6.61 Å². The minimum Gasteiger partial charge on any atom is -0.483 e. The van der Waals surface area contributed by atoms with Crippen LogP contribution in [-0.4, -0.2) is 18.4 Å². The smallest absolute Gasteiger partial charge is 0.276 e. The summed E-state index contributed by atoms with van der Waals surface area (Å²) >= 11 is 12.8. The van der Waals surface area contributed by atoms with Crippen LogP contribution in [0.2, 0.25) is 5.02 Å². The van der Waals surface area contributed by atoms with Crippen molar-refractivity contribution in [2.24, 2.45) is 0 Å². The summed E-state index contributed by atoms with van der Waals surface area (Å²) in [5.74, 6) is -0.421. The van der Waals surface area contributed by atoms with Crippen molar-refractivity contribution in [3.63, 3.8) is 0 Å². The molecular formula is C21H15Br2ClN2O3. The van der Waals surface area contributed by atoms with Gasteiger partial charge in [0, 0.05) is 15.6 Å². The van der Waals surface area contributed by atoms with Gasteiger partial charge in [0.05, 0.1) is 4.47 Å². The van der Waals surface area contributed by atoms with E-state index in [2.05, 4.69) is 42.7 Å². The lowest BCUT2D eigenvalue weighted by molar-refractivity contribution is -0.128. The SMILES string of the molecule is O=C(/C=C/c1ccc(Cl)cc1)NNC(=O)COc1ccc2cc(Br)ccc2c1Br. The molecule has 2 N–H and O–H groups in total. The van der Waals surface area contributed by atoms with Gasteiger partial charge in [-0.3, -0.25) is 20.4 Å². The molecule has 2 amide bonds. The maximum Gasteiger partial charge on any atom is 0.276 e. The topological polar surface area (TPSA) is 67.4 Å². The molecule has 0 atom stereocenters. The van der Waals surface area contributed by atoms with Crippen LogP contribution < -0.4 is 15.6 Å². The van der Waals surface area contributed by atoms with Crippen LogP contribution in [0.4, 0.5) is 0 Å². The number of halogens is 3. The first kappa shape index (κ1) is 21.4. The van der Waals surface area contributed by atoms with E-state index in [1.54, 1.807) is 36.4 Å². The molecule has 0 unspecified atom stereocenters. The third-order valence-corrected chi connectivity index (χ3v) is 5.42. The van der Waals surface area contributed by atoms with Gasteiger partial charge in [-0.25, -0.2) is 0 Å². The lowest BCUT2D eigenvalue weighted by atomic mass is 10.1. The van der Waals surface area contributed by atoms with E-state index < -0.39 is 11.8 Å². The molecule has 148 valence electrons. The summed E-state index contributed by atoms with van der Waals surface area (Å²) in [6.45, 7) is -0.248. The molecule has 0 aliphatic rings. The molecule has 5 nitrogen and oxygen atoms in total. The molecule has 0 saturated heterocycles. The van der Waals surface area contributed by atoms with E-state index in [9.17, 15) is 9.59 Å². The number of nitrogens with one attached hydrogen (secondary N) is 2. The van der Waals surface area contributed by atoms with Crippen molar-refractivity contribution in [1.82, 2.24) is 10.9 Å². The van der Waals surface area contributed by atoms with Gasteiger partial charge < -0.3 is 4.74 Å². The number of hydrogen-bond acceptors (Lipinski definition) is 3. The van der Waals surface area contributed by atoms with Crippen LogP contribution in [0.3, 0.4) is 0 Å². The predicted molar refractivity (Wildman–Crippen MR) is 122 cm³/mol. The second-order valence-electron chi connectivity index (χ2n) is 5.95. The molecule has 0 bridgehead atoms. The molecule has 0 fully saturated rings. The zero-order chi connectivity index (χ0) is 20.8. The van der Waals surface area contributed by atoms with Crippen molar-refractivity contribution in [2.45, 2.75) is 0 Å². The zero-order valence-corrected chi connectivity index (χ0v) is 18.8. The lowest BCUT2D eigenvalue weighted by Crippen LogP contribution is -2.43. The quantitative estimate of drug-likeness (QED) is 0.344. The number of fused-ring (bicyclic) bond motifs is 1. The Hall–Kier alpha value is -2.35. The van der Waals surface area contributed by atoms with Crippen molar-refractivity contribution in [2.75, 3.05) is 6.61 Å². The van der Waals surface area contributed by atoms with Gasteiger partial charge in [0.25, 0.3) is 11.8 Å². The highest BCUT2D eigenvalue weighted by atomic mass is 79.9. The van der Waals surface area contributed by atoms with E-state index in [1.807, 2.05) is 24.3 Å². The summed E-state index contributed by atoms with van der Waals surface area (Å²) in [7, 11) is 0. The Labute approximate surface area is 189 Å². The summed E-state index contributed by atoms with van der Waals surface area (Å²) in [5, 5.41) is 2.61. The summed E-state index contributed by atoms with van der Waals surface area (Å²) in [6.07, 6.45) is 2.92. The van der Waals surface area contributed by atoms with Crippen molar-refractivity contribution in [3.05, 3.63) is 80.2 Å². The molecule has 0 aliphatic carbocycles. The van der Waals surface area contributed by atoms with E-state index in [0.29, 0.717) is 10.8 Å². The number of ether oxygens (including phenoxy) is 1. The lowest BCUT2D eigenvalue weighted by Gasteiger charge is -2.11. The average molecular weight is 539 g/mol. The molecule has 29 heavy (non-hydrogen) atoms. The van der Waals surface area contributed by atoms with Crippen LogP contribution >= 0.6 is 43.5 Å². The number of carbonyl (C=O) groups is 2. The van der Waals surface area contributed by atoms with Gasteiger partial charge in [0.1, 0.15) is 5.75 Å². The first-order chi connectivity index (χ1) is 13.9. The number of carbonyl (C=O) groups excluding carboxylic acids is 2. The first-order valence-corrected chi connectivity index (χ1v) is 10.4. The molecule has 0 aromatic heterocycles. The maximum atomic E-state index is 11.9. The minimum absolute atomic E-state index is 0.248. The van der Waals surface area contributed by atoms with Crippen LogP contribution in [0.25, 0.3) is 16.8 Å². The van der Waals surface area contributed by atoms with Gasteiger partial charge in [-0.15, -0.1) is 0 Å². The first-order valence-electron chi connectivity index (χ1n) is 8.45. The minimum atomic E-state index is -0.485. The Morgan fingerprint density at radius 3 is 2.52 bits per heavy atom. The fourth-order valence-corrected chi connectivity index (χ4v) is 3.56. The van der Waals surface area contributed by atoms with Crippen LogP contribution in [0.5, 0.6) is 5.75 Å². The van der Waals surface area contributed by atoms with Crippen molar-refractivity contribution in [1.29, 1.82) is 0 Å². The molecule has 3 rings (SSSR count). The predicted octanol–water partition coefficient (Wildman–Crippen LogP) is 5.26. The van der Waals surface area contributed by atoms with Gasteiger partial charge in [-0.2, -0.15) is 0 Å². The average Bonchev–Trinajstić information content (AvgIpc) is 2.71. The van der Waals surface area contributed by atoms with Gasteiger partial charge in [0.2, 0.25) is 0 Å². The molecule has 3 aromatic carbocycles. The Morgan fingerprint density at radius 1 is 1.00 bits per heavy atom. The molecule has 0 radical (unpaired) electrons.